The molecule has 0 radical (unpaired) electrons. The van der Waals surface area contributed by atoms with Gasteiger partial charge in [-0.1, -0.05) is 30.3 Å². The number of para-hydroxylation sites is 2. The van der Waals surface area contributed by atoms with E-state index in [1.54, 1.807) is 7.11 Å². The quantitative estimate of drug-likeness (QED) is 0.628. The molecular formula is C15H17NOS. The van der Waals surface area contributed by atoms with Crippen molar-refractivity contribution in [1.82, 2.24) is 0 Å². The average molecular weight is 259 g/mol. The first-order valence-corrected chi connectivity index (χ1v) is 6.93. The highest BCUT2D eigenvalue weighted by molar-refractivity contribution is 7.99. The fourth-order valence-electron chi connectivity index (χ4n) is 1.66. The van der Waals surface area contributed by atoms with Crippen LogP contribution in [0.15, 0.2) is 59.5 Å². The summed E-state index contributed by atoms with van der Waals surface area (Å²) in [4.78, 5) is 1.30. The maximum Gasteiger partial charge on any atom is 0.141 e. The molecule has 0 saturated heterocycles. The van der Waals surface area contributed by atoms with Gasteiger partial charge >= 0.3 is 0 Å². The zero-order valence-corrected chi connectivity index (χ0v) is 11.2. The summed E-state index contributed by atoms with van der Waals surface area (Å²) in [7, 11) is 1.69. The van der Waals surface area contributed by atoms with Crippen molar-refractivity contribution in [2.24, 2.45) is 0 Å². The highest BCUT2D eigenvalue weighted by Crippen LogP contribution is 2.23. The molecule has 0 aromatic heterocycles. The Kier molecular flexibility index (Phi) is 4.97. The number of thioether (sulfide) groups is 1. The first-order valence-electron chi connectivity index (χ1n) is 5.95. The number of benzene rings is 2. The molecule has 0 fully saturated rings. The van der Waals surface area contributed by atoms with Crippen LogP contribution in [0, 0.1) is 0 Å². The molecular weight excluding hydrogens is 242 g/mol. The second-order valence-electron chi connectivity index (χ2n) is 3.79. The number of rotatable bonds is 6. The Balaban J connectivity index is 1.78. The third-order valence-electron chi connectivity index (χ3n) is 2.54. The number of ether oxygens (including phenoxy) is 1. The van der Waals surface area contributed by atoms with Crippen molar-refractivity contribution in [3.63, 3.8) is 0 Å². The minimum absolute atomic E-state index is 0.891. The van der Waals surface area contributed by atoms with Crippen molar-refractivity contribution in [2.75, 3.05) is 24.7 Å². The third kappa shape index (κ3) is 3.70. The molecule has 1 N–H and O–H groups in total. The molecule has 0 atom stereocenters. The van der Waals surface area contributed by atoms with Gasteiger partial charge in [0, 0.05) is 17.2 Å². The predicted octanol–water partition coefficient (Wildman–Crippen LogP) is 3.90. The van der Waals surface area contributed by atoms with Gasteiger partial charge in [0.2, 0.25) is 0 Å². The van der Waals surface area contributed by atoms with E-state index in [4.69, 9.17) is 4.74 Å². The lowest BCUT2D eigenvalue weighted by atomic mass is 10.3. The molecule has 3 heteroatoms. The van der Waals surface area contributed by atoms with Crippen molar-refractivity contribution < 1.29 is 4.74 Å². The summed E-state index contributed by atoms with van der Waals surface area (Å²) in [6.45, 7) is 0.917. The van der Waals surface area contributed by atoms with Gasteiger partial charge in [0.25, 0.3) is 0 Å². The van der Waals surface area contributed by atoms with E-state index in [2.05, 4.69) is 29.6 Å². The fourth-order valence-corrected chi connectivity index (χ4v) is 2.45. The first kappa shape index (κ1) is 12.8. The minimum atomic E-state index is 0.891. The lowest BCUT2D eigenvalue weighted by molar-refractivity contribution is 0.416. The molecule has 94 valence electrons. The summed E-state index contributed by atoms with van der Waals surface area (Å²) in [5.41, 5.74) is 1.05. The molecule has 2 aromatic rings. The van der Waals surface area contributed by atoms with Crippen LogP contribution in [-0.4, -0.2) is 19.4 Å². The Labute approximate surface area is 112 Å². The number of hydrogen-bond acceptors (Lipinski definition) is 3. The Morgan fingerprint density at radius 1 is 1.00 bits per heavy atom. The number of anilines is 1. The highest BCUT2D eigenvalue weighted by Gasteiger charge is 1.99. The number of methoxy groups -OCH3 is 1. The molecule has 0 unspecified atom stereocenters. The number of nitrogens with one attached hydrogen (secondary N) is 1. The van der Waals surface area contributed by atoms with Crippen LogP contribution in [-0.2, 0) is 0 Å². The summed E-state index contributed by atoms with van der Waals surface area (Å²) < 4.78 is 5.29. The van der Waals surface area contributed by atoms with Gasteiger partial charge in [-0.3, -0.25) is 0 Å². The fraction of sp³-hybridized carbons (Fsp3) is 0.200. The molecule has 0 spiro atoms. The van der Waals surface area contributed by atoms with E-state index in [-0.39, 0.29) is 0 Å². The molecule has 2 rings (SSSR count). The van der Waals surface area contributed by atoms with E-state index in [0.717, 1.165) is 23.7 Å². The predicted molar refractivity (Wildman–Crippen MR) is 78.6 cm³/mol. The number of hydrogen-bond donors (Lipinski definition) is 1. The first-order chi connectivity index (χ1) is 8.90. The maximum atomic E-state index is 5.29. The summed E-state index contributed by atoms with van der Waals surface area (Å²) in [6.07, 6.45) is 0. The van der Waals surface area contributed by atoms with Gasteiger partial charge in [0.05, 0.1) is 12.8 Å². The smallest absolute Gasteiger partial charge is 0.141 e. The summed E-state index contributed by atoms with van der Waals surface area (Å²) in [5, 5.41) is 3.39. The Morgan fingerprint density at radius 2 is 1.72 bits per heavy atom. The van der Waals surface area contributed by atoms with Gasteiger partial charge < -0.3 is 10.1 Å². The molecule has 2 aromatic carbocycles. The van der Waals surface area contributed by atoms with Crippen molar-refractivity contribution in [2.45, 2.75) is 4.90 Å². The average Bonchev–Trinajstić information content (AvgIpc) is 2.45. The molecule has 0 amide bonds. The van der Waals surface area contributed by atoms with E-state index >= 15 is 0 Å². The lowest BCUT2D eigenvalue weighted by Gasteiger charge is -2.10. The Hall–Kier alpha value is -1.61. The SMILES string of the molecule is COc1ccccc1NCCSc1ccccc1. The molecule has 0 bridgehead atoms. The van der Waals surface area contributed by atoms with Gasteiger partial charge in [0.15, 0.2) is 0 Å². The van der Waals surface area contributed by atoms with Crippen LogP contribution in [0.5, 0.6) is 5.75 Å². The van der Waals surface area contributed by atoms with Gasteiger partial charge in [0.1, 0.15) is 5.75 Å². The lowest BCUT2D eigenvalue weighted by Crippen LogP contribution is -2.05. The van der Waals surface area contributed by atoms with Crippen LogP contribution in [0.1, 0.15) is 0 Å². The highest BCUT2D eigenvalue weighted by atomic mass is 32.2. The zero-order valence-electron chi connectivity index (χ0n) is 10.4. The monoisotopic (exact) mass is 259 g/mol. The van der Waals surface area contributed by atoms with Gasteiger partial charge in [-0.2, -0.15) is 0 Å². The molecule has 18 heavy (non-hydrogen) atoms. The Bertz CT molecular complexity index is 473. The van der Waals surface area contributed by atoms with Gasteiger partial charge in [-0.15, -0.1) is 11.8 Å². The van der Waals surface area contributed by atoms with Crippen molar-refractivity contribution >= 4 is 17.4 Å². The largest absolute Gasteiger partial charge is 0.495 e. The maximum absolute atomic E-state index is 5.29. The Morgan fingerprint density at radius 3 is 2.50 bits per heavy atom. The third-order valence-corrected chi connectivity index (χ3v) is 3.55. The summed E-state index contributed by atoms with van der Waals surface area (Å²) in [6, 6.07) is 18.4. The van der Waals surface area contributed by atoms with Crippen LogP contribution < -0.4 is 10.1 Å². The zero-order chi connectivity index (χ0) is 12.6. The molecule has 0 aliphatic carbocycles. The van der Waals surface area contributed by atoms with Crippen LogP contribution in [0.3, 0.4) is 0 Å². The van der Waals surface area contributed by atoms with Crippen LogP contribution in [0.25, 0.3) is 0 Å². The molecule has 0 aliphatic rings. The minimum Gasteiger partial charge on any atom is -0.495 e. The molecule has 0 aliphatic heterocycles. The van der Waals surface area contributed by atoms with E-state index in [0.29, 0.717) is 0 Å². The van der Waals surface area contributed by atoms with Crippen molar-refractivity contribution in [3.05, 3.63) is 54.6 Å². The standard InChI is InChI=1S/C15H17NOS/c1-17-15-10-6-5-9-14(15)16-11-12-18-13-7-3-2-4-8-13/h2-10,16H,11-12H2,1H3. The summed E-state index contributed by atoms with van der Waals surface area (Å²) >= 11 is 1.85. The van der Waals surface area contributed by atoms with Crippen LogP contribution >= 0.6 is 11.8 Å². The van der Waals surface area contributed by atoms with E-state index in [9.17, 15) is 0 Å². The van der Waals surface area contributed by atoms with E-state index < -0.39 is 0 Å². The molecule has 0 saturated carbocycles. The van der Waals surface area contributed by atoms with Gasteiger partial charge in [-0.25, -0.2) is 0 Å². The second kappa shape index (κ2) is 6.97. The topological polar surface area (TPSA) is 21.3 Å². The molecule has 0 heterocycles. The van der Waals surface area contributed by atoms with Gasteiger partial charge in [-0.05, 0) is 24.3 Å². The molecule has 2 nitrogen and oxygen atoms in total. The van der Waals surface area contributed by atoms with Crippen molar-refractivity contribution in [3.8, 4) is 5.75 Å². The van der Waals surface area contributed by atoms with Crippen LogP contribution in [0.4, 0.5) is 5.69 Å². The normalized spacial score (nSPS) is 10.1. The van der Waals surface area contributed by atoms with Crippen LogP contribution in [0.2, 0.25) is 0 Å². The summed E-state index contributed by atoms with van der Waals surface area (Å²) in [5.74, 6) is 1.92. The van der Waals surface area contributed by atoms with Crippen molar-refractivity contribution in [1.29, 1.82) is 0 Å². The van der Waals surface area contributed by atoms with E-state index in [1.165, 1.54) is 4.90 Å². The van der Waals surface area contributed by atoms with E-state index in [1.807, 2.05) is 42.1 Å². The second-order valence-corrected chi connectivity index (χ2v) is 4.96.